The second-order valence-electron chi connectivity index (χ2n) is 7.23. The first-order chi connectivity index (χ1) is 14.0. The third-order valence-electron chi connectivity index (χ3n) is 5.05. The van der Waals surface area contributed by atoms with E-state index in [2.05, 4.69) is 12.2 Å². The Labute approximate surface area is 179 Å². The summed E-state index contributed by atoms with van der Waals surface area (Å²) in [4.78, 5) is 27.3. The van der Waals surface area contributed by atoms with Crippen molar-refractivity contribution in [2.45, 2.75) is 52.0 Å². The molecule has 0 saturated heterocycles. The average molecular weight is 415 g/mol. The maximum atomic E-state index is 13.0. The van der Waals surface area contributed by atoms with E-state index in [9.17, 15) is 9.59 Å². The molecule has 1 atom stereocenters. The third-order valence-corrected chi connectivity index (χ3v) is 5.42. The van der Waals surface area contributed by atoms with Crippen LogP contribution < -0.4 is 5.32 Å². The highest BCUT2D eigenvalue weighted by Gasteiger charge is 2.25. The first-order valence-corrected chi connectivity index (χ1v) is 10.7. The van der Waals surface area contributed by atoms with Crippen molar-refractivity contribution >= 4 is 23.4 Å². The zero-order chi connectivity index (χ0) is 21.1. The molecule has 4 nitrogen and oxygen atoms in total. The summed E-state index contributed by atoms with van der Waals surface area (Å²) in [7, 11) is 0. The molecule has 0 saturated carbocycles. The van der Waals surface area contributed by atoms with Gasteiger partial charge in [0.2, 0.25) is 11.8 Å². The topological polar surface area (TPSA) is 49.4 Å². The molecule has 0 fully saturated rings. The Bertz CT molecular complexity index is 779. The number of hydrogen-bond acceptors (Lipinski definition) is 2. The summed E-state index contributed by atoms with van der Waals surface area (Å²) in [6.45, 7) is 5.04. The maximum absolute atomic E-state index is 13.0. The third kappa shape index (κ3) is 7.54. The summed E-state index contributed by atoms with van der Waals surface area (Å²) >= 11 is 6.22. The minimum atomic E-state index is -0.505. The van der Waals surface area contributed by atoms with Crippen LogP contribution in [0.15, 0.2) is 54.6 Å². The molecule has 29 heavy (non-hydrogen) atoms. The number of benzene rings is 2. The summed E-state index contributed by atoms with van der Waals surface area (Å²) in [6, 6.07) is 17.1. The second kappa shape index (κ2) is 12.3. The second-order valence-corrected chi connectivity index (χ2v) is 7.64. The highest BCUT2D eigenvalue weighted by atomic mass is 35.5. The molecule has 0 heterocycles. The average Bonchev–Trinajstić information content (AvgIpc) is 2.74. The predicted octanol–water partition coefficient (Wildman–Crippen LogP) is 4.65. The van der Waals surface area contributed by atoms with E-state index in [1.165, 1.54) is 0 Å². The highest BCUT2D eigenvalue weighted by molar-refractivity contribution is 6.31. The van der Waals surface area contributed by atoms with Crippen LogP contribution in [-0.2, 0) is 22.4 Å². The van der Waals surface area contributed by atoms with E-state index in [0.29, 0.717) is 37.4 Å². The highest BCUT2D eigenvalue weighted by Crippen LogP contribution is 2.17. The Morgan fingerprint density at radius 1 is 1.03 bits per heavy atom. The van der Waals surface area contributed by atoms with Crippen molar-refractivity contribution in [1.29, 1.82) is 0 Å². The molecule has 0 aliphatic rings. The fraction of sp³-hybridized carbons (Fsp3) is 0.417. The number of aryl methyl sites for hydroxylation is 1. The summed E-state index contributed by atoms with van der Waals surface area (Å²) < 4.78 is 0. The van der Waals surface area contributed by atoms with Gasteiger partial charge in [-0.15, -0.1) is 0 Å². The molecule has 2 aromatic carbocycles. The fourth-order valence-electron chi connectivity index (χ4n) is 3.19. The Morgan fingerprint density at radius 2 is 1.72 bits per heavy atom. The molecular weight excluding hydrogens is 384 g/mol. The lowest BCUT2D eigenvalue weighted by Gasteiger charge is -2.29. The van der Waals surface area contributed by atoms with Crippen LogP contribution in [0.5, 0.6) is 0 Å². The molecular formula is C24H31ClN2O2. The van der Waals surface area contributed by atoms with E-state index < -0.39 is 6.04 Å². The van der Waals surface area contributed by atoms with Crippen LogP contribution in [0.1, 0.15) is 44.2 Å². The van der Waals surface area contributed by atoms with Gasteiger partial charge in [0.1, 0.15) is 6.04 Å². The van der Waals surface area contributed by atoms with Crippen molar-refractivity contribution in [3.05, 3.63) is 70.7 Å². The monoisotopic (exact) mass is 414 g/mol. The lowest BCUT2D eigenvalue weighted by molar-refractivity contribution is -0.139. The summed E-state index contributed by atoms with van der Waals surface area (Å²) in [5.41, 5.74) is 2.10. The molecule has 2 amide bonds. The molecule has 2 aromatic rings. The van der Waals surface area contributed by atoms with Gasteiger partial charge in [0, 0.05) is 24.5 Å². The van der Waals surface area contributed by atoms with E-state index in [-0.39, 0.29) is 11.8 Å². The number of nitrogens with zero attached hydrogens (tertiary/aromatic N) is 1. The van der Waals surface area contributed by atoms with Gasteiger partial charge in [-0.2, -0.15) is 0 Å². The van der Waals surface area contributed by atoms with Crippen LogP contribution in [0.25, 0.3) is 0 Å². The van der Waals surface area contributed by atoms with Gasteiger partial charge in [-0.05, 0) is 43.4 Å². The fourth-order valence-corrected chi connectivity index (χ4v) is 3.42. The number of unbranched alkanes of at least 4 members (excludes halogenated alkanes) is 1. The van der Waals surface area contributed by atoms with Gasteiger partial charge in [0.15, 0.2) is 0 Å². The van der Waals surface area contributed by atoms with Crippen molar-refractivity contribution in [2.24, 2.45) is 0 Å². The van der Waals surface area contributed by atoms with Crippen molar-refractivity contribution in [3.63, 3.8) is 0 Å². The largest absolute Gasteiger partial charge is 0.354 e. The first-order valence-electron chi connectivity index (χ1n) is 10.4. The smallest absolute Gasteiger partial charge is 0.242 e. The molecule has 0 bridgehead atoms. The van der Waals surface area contributed by atoms with Crippen molar-refractivity contribution in [2.75, 3.05) is 13.1 Å². The summed E-state index contributed by atoms with van der Waals surface area (Å²) in [5, 5.41) is 3.61. The number of halogens is 1. The lowest BCUT2D eigenvalue weighted by atomic mass is 10.1. The molecule has 0 aliphatic carbocycles. The molecule has 0 unspecified atom stereocenters. The van der Waals surface area contributed by atoms with E-state index in [0.717, 1.165) is 24.0 Å². The van der Waals surface area contributed by atoms with Crippen molar-refractivity contribution in [3.8, 4) is 0 Å². The Kier molecular flexibility index (Phi) is 9.72. The number of carbonyl (C=O) groups excluding carboxylic acids is 2. The zero-order valence-electron chi connectivity index (χ0n) is 17.4. The number of carbonyl (C=O) groups is 2. The minimum absolute atomic E-state index is 0.0287. The van der Waals surface area contributed by atoms with Gasteiger partial charge < -0.3 is 10.2 Å². The number of nitrogens with one attached hydrogen (secondary N) is 1. The van der Waals surface area contributed by atoms with Crippen LogP contribution in [-0.4, -0.2) is 35.8 Å². The molecule has 1 N–H and O–H groups in total. The van der Waals surface area contributed by atoms with Crippen LogP contribution in [0.4, 0.5) is 0 Å². The van der Waals surface area contributed by atoms with Crippen LogP contribution in [0.2, 0.25) is 5.02 Å². The van der Waals surface area contributed by atoms with Gasteiger partial charge in [-0.1, -0.05) is 73.5 Å². The van der Waals surface area contributed by atoms with Gasteiger partial charge in [-0.25, -0.2) is 0 Å². The quantitative estimate of drug-likeness (QED) is 0.544. The van der Waals surface area contributed by atoms with Gasteiger partial charge in [0.05, 0.1) is 0 Å². The Morgan fingerprint density at radius 3 is 2.41 bits per heavy atom. The summed E-state index contributed by atoms with van der Waals surface area (Å²) in [6.07, 6.45) is 3.55. The molecule has 0 spiro atoms. The Balaban J connectivity index is 2.04. The SMILES string of the molecule is CCCCNC(=O)[C@@H](C)N(CCc1ccccc1)C(=O)CCc1ccccc1Cl. The number of rotatable bonds is 11. The number of amides is 2. The molecule has 5 heteroatoms. The van der Waals surface area contributed by atoms with E-state index in [4.69, 9.17) is 11.6 Å². The molecule has 2 rings (SSSR count). The van der Waals surface area contributed by atoms with Crippen LogP contribution >= 0.6 is 11.6 Å². The van der Waals surface area contributed by atoms with Gasteiger partial charge in [0.25, 0.3) is 0 Å². The van der Waals surface area contributed by atoms with Crippen molar-refractivity contribution in [1.82, 2.24) is 10.2 Å². The minimum Gasteiger partial charge on any atom is -0.354 e. The Hall–Kier alpha value is -2.33. The van der Waals surface area contributed by atoms with Crippen LogP contribution in [0, 0.1) is 0 Å². The van der Waals surface area contributed by atoms with Crippen molar-refractivity contribution < 1.29 is 9.59 Å². The van der Waals surface area contributed by atoms with E-state index in [1.54, 1.807) is 11.8 Å². The summed E-state index contributed by atoms with van der Waals surface area (Å²) in [5.74, 6) is -0.128. The predicted molar refractivity (Wildman–Crippen MR) is 119 cm³/mol. The van der Waals surface area contributed by atoms with Gasteiger partial charge in [-0.3, -0.25) is 9.59 Å². The standard InChI is InChI=1S/C24H31ClN2O2/c1-3-4-17-26-24(29)19(2)27(18-16-20-10-6-5-7-11-20)23(28)15-14-21-12-8-9-13-22(21)25/h5-13,19H,3-4,14-18H2,1-2H3,(H,26,29)/t19-/m1/s1. The lowest BCUT2D eigenvalue weighted by Crippen LogP contribution is -2.49. The molecule has 156 valence electrons. The maximum Gasteiger partial charge on any atom is 0.242 e. The van der Waals surface area contributed by atoms with E-state index >= 15 is 0 Å². The normalized spacial score (nSPS) is 11.7. The number of hydrogen-bond donors (Lipinski definition) is 1. The molecule has 0 aromatic heterocycles. The molecule has 0 aliphatic heterocycles. The van der Waals surface area contributed by atoms with Gasteiger partial charge >= 0.3 is 0 Å². The van der Waals surface area contributed by atoms with E-state index in [1.807, 2.05) is 54.6 Å². The first kappa shape index (κ1) is 23.0. The molecule has 0 radical (unpaired) electrons. The van der Waals surface area contributed by atoms with Crippen LogP contribution in [0.3, 0.4) is 0 Å². The zero-order valence-corrected chi connectivity index (χ0v) is 18.1.